The molecule has 1 saturated carbocycles. The first-order valence-electron chi connectivity index (χ1n) is 8.93. The average molecular weight is 452 g/mol. The van der Waals surface area contributed by atoms with Gasteiger partial charge in [-0.05, 0) is 44.9 Å². The SMILES string of the molecule is Cc1cc(N[C@H](C)c2cccc(S(=O)(=O)C(F)(F)F)c2F)cc(C2(C(F)F)CC2)n1. The first-order valence-corrected chi connectivity index (χ1v) is 10.4. The molecule has 0 unspecified atom stereocenters. The largest absolute Gasteiger partial charge is 0.502 e. The van der Waals surface area contributed by atoms with Crippen LogP contribution in [0.5, 0.6) is 0 Å². The fraction of sp³-hybridized carbons (Fsp3) is 0.421. The summed E-state index contributed by atoms with van der Waals surface area (Å²) in [4.78, 5) is 2.69. The predicted octanol–water partition coefficient (Wildman–Crippen LogP) is 5.29. The van der Waals surface area contributed by atoms with E-state index in [0.29, 0.717) is 17.4 Å². The summed E-state index contributed by atoms with van der Waals surface area (Å²) in [7, 11) is -5.87. The summed E-state index contributed by atoms with van der Waals surface area (Å²) in [5.74, 6) is -1.52. The predicted molar refractivity (Wildman–Crippen MR) is 97.6 cm³/mol. The molecule has 3 rings (SSSR count). The molecule has 164 valence electrons. The summed E-state index contributed by atoms with van der Waals surface area (Å²) in [6, 6.07) is 4.67. The maximum absolute atomic E-state index is 14.7. The normalized spacial score (nSPS) is 17.1. The van der Waals surface area contributed by atoms with Gasteiger partial charge < -0.3 is 5.32 Å². The smallest absolute Gasteiger partial charge is 0.378 e. The molecule has 4 nitrogen and oxygen atoms in total. The first kappa shape index (κ1) is 22.4. The van der Waals surface area contributed by atoms with Crippen LogP contribution in [0.2, 0.25) is 0 Å². The minimum Gasteiger partial charge on any atom is -0.378 e. The van der Waals surface area contributed by atoms with Gasteiger partial charge >= 0.3 is 5.51 Å². The zero-order valence-corrected chi connectivity index (χ0v) is 16.7. The van der Waals surface area contributed by atoms with Crippen molar-refractivity contribution in [3.63, 3.8) is 0 Å². The van der Waals surface area contributed by atoms with Gasteiger partial charge in [0.25, 0.3) is 9.84 Å². The number of nitrogens with zero attached hydrogens (tertiary/aromatic N) is 1. The Kier molecular flexibility index (Phi) is 5.55. The van der Waals surface area contributed by atoms with Gasteiger partial charge in [0.05, 0.1) is 17.2 Å². The average Bonchev–Trinajstić information content (AvgIpc) is 3.42. The molecule has 11 heteroatoms. The summed E-state index contributed by atoms with van der Waals surface area (Å²) in [6.07, 6.45) is -2.04. The molecule has 1 heterocycles. The third-order valence-electron chi connectivity index (χ3n) is 5.11. The van der Waals surface area contributed by atoms with E-state index in [0.717, 1.165) is 12.1 Å². The highest BCUT2D eigenvalue weighted by molar-refractivity contribution is 7.92. The Balaban J connectivity index is 1.94. The van der Waals surface area contributed by atoms with Crippen LogP contribution in [0.25, 0.3) is 0 Å². The Hall–Kier alpha value is -2.30. The number of aryl methyl sites for hydroxylation is 1. The van der Waals surface area contributed by atoms with E-state index < -0.39 is 43.9 Å². The van der Waals surface area contributed by atoms with Crippen molar-refractivity contribution in [2.24, 2.45) is 0 Å². The number of hydrogen-bond donors (Lipinski definition) is 1. The van der Waals surface area contributed by atoms with E-state index in [-0.39, 0.29) is 24.1 Å². The number of sulfone groups is 1. The van der Waals surface area contributed by atoms with Crippen molar-refractivity contribution in [2.45, 2.75) is 55.0 Å². The molecule has 0 aliphatic heterocycles. The van der Waals surface area contributed by atoms with Crippen LogP contribution in [0.4, 0.5) is 32.0 Å². The molecule has 0 amide bonds. The van der Waals surface area contributed by atoms with Gasteiger partial charge in [0.15, 0.2) is 0 Å². The van der Waals surface area contributed by atoms with Crippen molar-refractivity contribution in [1.29, 1.82) is 0 Å². The summed E-state index contributed by atoms with van der Waals surface area (Å²) in [5.41, 5.74) is -6.35. The van der Waals surface area contributed by atoms with Gasteiger partial charge in [0.1, 0.15) is 10.7 Å². The van der Waals surface area contributed by atoms with Gasteiger partial charge in [-0.15, -0.1) is 0 Å². The van der Waals surface area contributed by atoms with Crippen LogP contribution in [0.1, 0.15) is 42.8 Å². The minimum absolute atomic E-state index is 0.182. The monoisotopic (exact) mass is 452 g/mol. The van der Waals surface area contributed by atoms with Crippen LogP contribution >= 0.6 is 0 Å². The van der Waals surface area contributed by atoms with E-state index in [4.69, 9.17) is 0 Å². The second-order valence-electron chi connectivity index (χ2n) is 7.31. The maximum Gasteiger partial charge on any atom is 0.502 e. The van der Waals surface area contributed by atoms with Crippen molar-refractivity contribution in [3.05, 3.63) is 53.1 Å². The van der Waals surface area contributed by atoms with Crippen molar-refractivity contribution < 1.29 is 34.8 Å². The molecule has 2 aromatic rings. The quantitative estimate of drug-likeness (QED) is 0.605. The highest BCUT2D eigenvalue weighted by Gasteiger charge is 2.54. The molecular formula is C19H18F6N2O2S. The first-order chi connectivity index (χ1) is 13.8. The zero-order chi connectivity index (χ0) is 22.5. The fourth-order valence-electron chi connectivity index (χ4n) is 3.25. The van der Waals surface area contributed by atoms with Gasteiger partial charge in [-0.25, -0.2) is 21.6 Å². The number of halogens is 6. The topological polar surface area (TPSA) is 59.1 Å². The van der Waals surface area contributed by atoms with E-state index in [1.165, 1.54) is 19.1 Å². The molecule has 1 aromatic carbocycles. The Morgan fingerprint density at radius 3 is 2.33 bits per heavy atom. The summed E-state index contributed by atoms with van der Waals surface area (Å²) in [5, 5.41) is 2.84. The molecule has 0 saturated heterocycles. The molecule has 1 aliphatic rings. The number of hydrogen-bond acceptors (Lipinski definition) is 4. The van der Waals surface area contributed by atoms with Crippen LogP contribution in [-0.4, -0.2) is 25.3 Å². The maximum atomic E-state index is 14.7. The van der Waals surface area contributed by atoms with Crippen LogP contribution < -0.4 is 5.32 Å². The number of anilines is 1. The molecular weight excluding hydrogens is 434 g/mol. The molecule has 1 fully saturated rings. The van der Waals surface area contributed by atoms with E-state index >= 15 is 0 Å². The molecule has 0 spiro atoms. The Bertz CT molecular complexity index is 1070. The van der Waals surface area contributed by atoms with Gasteiger partial charge in [-0.2, -0.15) is 13.2 Å². The molecule has 1 N–H and O–H groups in total. The lowest BCUT2D eigenvalue weighted by atomic mass is 10.0. The number of rotatable bonds is 6. The second-order valence-corrected chi connectivity index (χ2v) is 9.22. The highest BCUT2D eigenvalue weighted by Crippen LogP contribution is 2.52. The van der Waals surface area contributed by atoms with Crippen molar-refractivity contribution >= 4 is 15.5 Å². The van der Waals surface area contributed by atoms with Crippen molar-refractivity contribution in [3.8, 4) is 0 Å². The number of alkyl halides is 5. The van der Waals surface area contributed by atoms with E-state index in [9.17, 15) is 34.8 Å². The summed E-state index contributed by atoms with van der Waals surface area (Å²) < 4.78 is 103. The molecule has 30 heavy (non-hydrogen) atoms. The number of benzene rings is 1. The third-order valence-corrected chi connectivity index (χ3v) is 6.61. The summed E-state index contributed by atoms with van der Waals surface area (Å²) >= 11 is 0. The lowest BCUT2D eigenvalue weighted by Crippen LogP contribution is -2.25. The van der Waals surface area contributed by atoms with E-state index in [1.807, 2.05) is 0 Å². The Labute approximate surface area is 169 Å². The lowest BCUT2D eigenvalue weighted by Gasteiger charge is -2.20. The van der Waals surface area contributed by atoms with Crippen LogP contribution in [0, 0.1) is 12.7 Å². The van der Waals surface area contributed by atoms with Gasteiger partial charge in [-0.3, -0.25) is 4.98 Å². The fourth-order valence-corrected chi connectivity index (χ4v) is 4.11. The van der Waals surface area contributed by atoms with Gasteiger partial charge in [-0.1, -0.05) is 12.1 Å². The van der Waals surface area contributed by atoms with Crippen molar-refractivity contribution in [2.75, 3.05) is 5.32 Å². The molecule has 1 aliphatic carbocycles. The minimum atomic E-state index is -5.87. The zero-order valence-electron chi connectivity index (χ0n) is 15.9. The molecule has 1 atom stereocenters. The highest BCUT2D eigenvalue weighted by atomic mass is 32.2. The molecule has 1 aromatic heterocycles. The third kappa shape index (κ3) is 3.86. The van der Waals surface area contributed by atoms with E-state index in [2.05, 4.69) is 10.3 Å². The molecule has 0 bridgehead atoms. The second kappa shape index (κ2) is 7.44. The number of aromatic nitrogens is 1. The van der Waals surface area contributed by atoms with Gasteiger partial charge in [0.2, 0.25) is 6.43 Å². The standard InChI is InChI=1S/C19H18F6N2O2S/c1-10-8-12(9-15(26-10)18(6-7-18)17(21)22)27-11(2)13-4-3-5-14(16(13)20)30(28,29)19(23,24)25/h3-5,8-9,11,17H,6-7H2,1-2H3,(H,26,27)/t11-/m1/s1. The number of pyridine rings is 1. The van der Waals surface area contributed by atoms with Crippen LogP contribution in [0.3, 0.4) is 0 Å². The van der Waals surface area contributed by atoms with Crippen LogP contribution in [0.15, 0.2) is 35.2 Å². The van der Waals surface area contributed by atoms with Crippen LogP contribution in [-0.2, 0) is 15.3 Å². The van der Waals surface area contributed by atoms with Crippen molar-refractivity contribution in [1.82, 2.24) is 4.98 Å². The number of nitrogens with one attached hydrogen (secondary N) is 1. The Morgan fingerprint density at radius 1 is 1.17 bits per heavy atom. The summed E-state index contributed by atoms with van der Waals surface area (Å²) in [6.45, 7) is 3.01. The van der Waals surface area contributed by atoms with E-state index in [1.54, 1.807) is 6.92 Å². The Morgan fingerprint density at radius 2 is 1.80 bits per heavy atom. The molecule has 0 radical (unpaired) electrons. The van der Waals surface area contributed by atoms with Gasteiger partial charge in [0, 0.05) is 16.9 Å². The lowest BCUT2D eigenvalue weighted by molar-refractivity contribution is -0.0437.